The van der Waals surface area contributed by atoms with E-state index in [1.165, 1.54) is 12.3 Å². The second kappa shape index (κ2) is 5.31. The third-order valence-corrected chi connectivity index (χ3v) is 2.71. The number of aromatic nitrogens is 2. The van der Waals surface area contributed by atoms with Gasteiger partial charge in [0.15, 0.2) is 0 Å². The molecular weight excluding hydrogens is 245 g/mol. The number of nitrogen functional groups attached to an aromatic ring is 2. The first-order chi connectivity index (χ1) is 9.11. The molecule has 0 aliphatic carbocycles. The average molecular weight is 257 g/mol. The Hall–Kier alpha value is -2.68. The highest BCUT2D eigenvalue weighted by Gasteiger charge is 2.09. The molecule has 19 heavy (non-hydrogen) atoms. The van der Waals surface area contributed by atoms with Crippen molar-refractivity contribution in [3.63, 3.8) is 0 Å². The third kappa shape index (κ3) is 2.77. The highest BCUT2D eigenvalue weighted by atomic mass is 19.1. The summed E-state index contributed by atoms with van der Waals surface area (Å²) in [6, 6.07) is 6.70. The molecule has 0 bridgehead atoms. The number of hydrogen-bond acceptors (Lipinski definition) is 5. The highest BCUT2D eigenvalue weighted by molar-refractivity contribution is 5.73. The first kappa shape index (κ1) is 12.8. The van der Waals surface area contributed by atoms with Crippen molar-refractivity contribution in [2.45, 2.75) is 12.8 Å². The van der Waals surface area contributed by atoms with E-state index in [-0.39, 0.29) is 24.0 Å². The Balaban J connectivity index is 2.36. The van der Waals surface area contributed by atoms with Crippen molar-refractivity contribution >= 4 is 11.8 Å². The van der Waals surface area contributed by atoms with Crippen LogP contribution in [0, 0.1) is 17.1 Å². The predicted molar refractivity (Wildman–Crippen MR) is 70.2 cm³/mol. The van der Waals surface area contributed by atoms with E-state index in [2.05, 4.69) is 9.97 Å². The van der Waals surface area contributed by atoms with Crippen LogP contribution in [0.2, 0.25) is 0 Å². The second-order valence-electron chi connectivity index (χ2n) is 3.99. The van der Waals surface area contributed by atoms with Gasteiger partial charge >= 0.3 is 0 Å². The fraction of sp³-hybridized carbons (Fsp3) is 0.154. The second-order valence-corrected chi connectivity index (χ2v) is 3.99. The van der Waals surface area contributed by atoms with Crippen LogP contribution in [0.1, 0.15) is 12.0 Å². The van der Waals surface area contributed by atoms with Crippen LogP contribution in [-0.4, -0.2) is 9.97 Å². The van der Waals surface area contributed by atoms with Crippen molar-refractivity contribution < 1.29 is 4.39 Å². The normalized spacial score (nSPS) is 10.1. The van der Waals surface area contributed by atoms with Gasteiger partial charge in [0, 0.05) is 18.2 Å². The minimum Gasteiger partial charge on any atom is -0.383 e. The number of hydrogen-bond donors (Lipinski definition) is 2. The van der Waals surface area contributed by atoms with Gasteiger partial charge in [0.05, 0.1) is 6.07 Å². The van der Waals surface area contributed by atoms with Gasteiger partial charge in [0.1, 0.15) is 11.6 Å². The molecule has 0 aliphatic rings. The molecule has 0 saturated carbocycles. The molecule has 2 aromatic rings. The molecule has 0 spiro atoms. The van der Waals surface area contributed by atoms with Gasteiger partial charge in [-0.2, -0.15) is 10.2 Å². The van der Waals surface area contributed by atoms with Crippen LogP contribution in [0.5, 0.6) is 0 Å². The number of rotatable bonds is 3. The summed E-state index contributed by atoms with van der Waals surface area (Å²) in [6.45, 7) is 0. The monoisotopic (exact) mass is 257 g/mol. The van der Waals surface area contributed by atoms with Gasteiger partial charge in [-0.3, -0.25) is 0 Å². The van der Waals surface area contributed by atoms with Crippen molar-refractivity contribution in [1.82, 2.24) is 9.97 Å². The molecule has 4 N–H and O–H groups in total. The molecule has 0 atom stereocenters. The van der Waals surface area contributed by atoms with Crippen LogP contribution in [0.25, 0.3) is 11.1 Å². The van der Waals surface area contributed by atoms with E-state index in [0.717, 1.165) is 0 Å². The Labute approximate surface area is 109 Å². The molecule has 96 valence electrons. The van der Waals surface area contributed by atoms with Gasteiger partial charge in [-0.25, -0.2) is 9.37 Å². The summed E-state index contributed by atoms with van der Waals surface area (Å²) in [6.07, 6.45) is 2.13. The molecule has 0 radical (unpaired) electrons. The summed E-state index contributed by atoms with van der Waals surface area (Å²) >= 11 is 0. The van der Waals surface area contributed by atoms with Gasteiger partial charge in [-0.05, 0) is 23.6 Å². The van der Waals surface area contributed by atoms with Crippen molar-refractivity contribution in [2.75, 3.05) is 11.5 Å². The summed E-state index contributed by atoms with van der Waals surface area (Å²) in [5.74, 6) is -0.0898. The van der Waals surface area contributed by atoms with Crippen LogP contribution < -0.4 is 11.5 Å². The van der Waals surface area contributed by atoms with Crippen molar-refractivity contribution in [2.24, 2.45) is 0 Å². The molecule has 1 aromatic carbocycles. The zero-order valence-electron chi connectivity index (χ0n) is 10.1. The molecule has 6 heteroatoms. The lowest BCUT2D eigenvalue weighted by Crippen LogP contribution is -2.01. The maximum Gasteiger partial charge on any atom is 0.221 e. The lowest BCUT2D eigenvalue weighted by atomic mass is 10.0. The minimum absolute atomic E-state index is 0.0763. The molecular formula is C13H12FN5. The molecule has 2 rings (SSSR count). The van der Waals surface area contributed by atoms with Crippen LogP contribution in [0.4, 0.5) is 16.2 Å². The number of nitriles is 1. The van der Waals surface area contributed by atoms with E-state index >= 15 is 0 Å². The first-order valence-electron chi connectivity index (χ1n) is 5.65. The highest BCUT2D eigenvalue weighted by Crippen LogP contribution is 2.26. The smallest absolute Gasteiger partial charge is 0.221 e. The standard InChI is InChI=1S/C13H12FN5/c14-11-6-9(4-3-8(11)2-1-5-15)10-7-18-13(17)19-12(10)16/h3-4,6-7H,1-2H2,(H4,16,17,18,19). The van der Waals surface area contributed by atoms with Crippen molar-refractivity contribution in [3.8, 4) is 17.2 Å². The predicted octanol–water partition coefficient (Wildman–Crippen LogP) is 1.90. The van der Waals surface area contributed by atoms with Crippen LogP contribution >= 0.6 is 0 Å². The van der Waals surface area contributed by atoms with Gasteiger partial charge < -0.3 is 11.5 Å². The maximum absolute atomic E-state index is 13.9. The third-order valence-electron chi connectivity index (χ3n) is 2.71. The molecule has 1 aromatic heterocycles. The number of halogens is 1. The van der Waals surface area contributed by atoms with E-state index in [1.807, 2.05) is 6.07 Å². The molecule has 0 amide bonds. The number of anilines is 2. The molecule has 0 saturated heterocycles. The van der Waals surface area contributed by atoms with Crippen molar-refractivity contribution in [3.05, 3.63) is 35.8 Å². The van der Waals surface area contributed by atoms with E-state index < -0.39 is 0 Å². The van der Waals surface area contributed by atoms with Gasteiger partial charge in [0.2, 0.25) is 5.95 Å². The Morgan fingerprint density at radius 1 is 1.32 bits per heavy atom. The Bertz CT molecular complexity index is 648. The summed E-state index contributed by atoms with van der Waals surface area (Å²) in [7, 11) is 0. The van der Waals surface area contributed by atoms with E-state index in [1.54, 1.807) is 12.1 Å². The van der Waals surface area contributed by atoms with Gasteiger partial charge in [-0.15, -0.1) is 0 Å². The summed E-state index contributed by atoms with van der Waals surface area (Å²) < 4.78 is 13.9. The minimum atomic E-state index is -0.371. The summed E-state index contributed by atoms with van der Waals surface area (Å²) in [5, 5.41) is 8.50. The first-order valence-corrected chi connectivity index (χ1v) is 5.65. The molecule has 0 aliphatic heterocycles. The van der Waals surface area contributed by atoms with E-state index in [9.17, 15) is 4.39 Å². The van der Waals surface area contributed by atoms with Crippen LogP contribution in [0.15, 0.2) is 24.4 Å². The molecule has 0 unspecified atom stereocenters. The van der Waals surface area contributed by atoms with Gasteiger partial charge in [0.25, 0.3) is 0 Å². The van der Waals surface area contributed by atoms with Crippen LogP contribution in [-0.2, 0) is 6.42 Å². The average Bonchev–Trinajstić information content (AvgIpc) is 2.37. The lowest BCUT2D eigenvalue weighted by Gasteiger charge is -2.07. The van der Waals surface area contributed by atoms with Crippen LogP contribution in [0.3, 0.4) is 0 Å². The van der Waals surface area contributed by atoms with E-state index in [4.69, 9.17) is 16.7 Å². The Morgan fingerprint density at radius 3 is 2.74 bits per heavy atom. The zero-order chi connectivity index (χ0) is 13.8. The summed E-state index contributed by atoms with van der Waals surface area (Å²) in [5.41, 5.74) is 12.7. The number of nitrogens with zero attached hydrogens (tertiary/aromatic N) is 3. The fourth-order valence-electron chi connectivity index (χ4n) is 1.74. The number of nitrogens with two attached hydrogens (primary N) is 2. The Morgan fingerprint density at radius 2 is 2.11 bits per heavy atom. The number of benzene rings is 1. The molecule has 0 fully saturated rings. The maximum atomic E-state index is 13.9. The SMILES string of the molecule is N#CCCc1ccc(-c2cnc(N)nc2N)cc1F. The largest absolute Gasteiger partial charge is 0.383 e. The Kier molecular flexibility index (Phi) is 3.57. The summed E-state index contributed by atoms with van der Waals surface area (Å²) in [4.78, 5) is 7.67. The number of aryl methyl sites for hydroxylation is 1. The quantitative estimate of drug-likeness (QED) is 0.874. The molecule has 1 heterocycles. The van der Waals surface area contributed by atoms with Gasteiger partial charge in [-0.1, -0.05) is 12.1 Å². The van der Waals surface area contributed by atoms with Crippen molar-refractivity contribution in [1.29, 1.82) is 5.26 Å². The topological polar surface area (TPSA) is 102 Å². The fourth-order valence-corrected chi connectivity index (χ4v) is 1.74. The van der Waals surface area contributed by atoms with E-state index in [0.29, 0.717) is 23.1 Å². The lowest BCUT2D eigenvalue weighted by molar-refractivity contribution is 0.610. The zero-order valence-corrected chi connectivity index (χ0v) is 10.1. The molecule has 5 nitrogen and oxygen atoms in total.